The van der Waals surface area contributed by atoms with E-state index in [0.717, 1.165) is 28.0 Å². The largest absolute Gasteiger partial charge is 0.459 e. The highest BCUT2D eigenvalue weighted by Crippen LogP contribution is 2.30. The van der Waals surface area contributed by atoms with Crippen molar-refractivity contribution in [3.8, 4) is 6.01 Å². The van der Waals surface area contributed by atoms with Gasteiger partial charge in [-0.25, -0.2) is 18.4 Å². The van der Waals surface area contributed by atoms with E-state index in [1.807, 2.05) is 19.9 Å². The fraction of sp³-hybridized carbons (Fsp3) is 0.467. The highest BCUT2D eigenvalue weighted by Gasteiger charge is 2.32. The highest BCUT2D eigenvalue weighted by molar-refractivity contribution is 9.11. The molecule has 1 fully saturated rings. The maximum atomic E-state index is 12.7. The molecule has 130 valence electrons. The van der Waals surface area contributed by atoms with Gasteiger partial charge in [-0.3, -0.25) is 0 Å². The summed E-state index contributed by atoms with van der Waals surface area (Å²) in [5.41, 5.74) is 1.67. The van der Waals surface area contributed by atoms with Crippen molar-refractivity contribution in [2.75, 3.05) is 13.1 Å². The van der Waals surface area contributed by atoms with Gasteiger partial charge in [0.05, 0.1) is 10.3 Å². The number of halogens is 1. The number of nitrogens with zero attached hydrogens (tertiary/aromatic N) is 3. The van der Waals surface area contributed by atoms with Gasteiger partial charge >= 0.3 is 6.01 Å². The molecule has 1 aliphatic heterocycles. The minimum atomic E-state index is -3.48. The van der Waals surface area contributed by atoms with E-state index in [1.165, 1.54) is 15.6 Å². The van der Waals surface area contributed by atoms with Crippen LogP contribution in [0.25, 0.3) is 0 Å². The number of aromatic nitrogens is 2. The van der Waals surface area contributed by atoms with E-state index in [1.54, 1.807) is 12.1 Å². The van der Waals surface area contributed by atoms with E-state index in [9.17, 15) is 8.42 Å². The lowest BCUT2D eigenvalue weighted by Crippen LogP contribution is -2.44. The van der Waals surface area contributed by atoms with Crippen LogP contribution in [0, 0.1) is 13.8 Å². The average molecular weight is 432 g/mol. The smallest absolute Gasteiger partial charge is 0.317 e. The second-order valence-corrected chi connectivity index (χ2v) is 10.4. The van der Waals surface area contributed by atoms with E-state index in [0.29, 0.717) is 23.3 Å². The van der Waals surface area contributed by atoms with Gasteiger partial charge in [-0.15, -0.1) is 11.3 Å². The first-order valence-corrected chi connectivity index (χ1v) is 10.6. The lowest BCUT2D eigenvalue weighted by Gasteiger charge is -2.31. The average Bonchev–Trinajstić information content (AvgIpc) is 2.94. The number of hydrogen-bond donors (Lipinski definition) is 0. The minimum absolute atomic E-state index is 0.238. The van der Waals surface area contributed by atoms with Gasteiger partial charge in [0.25, 0.3) is 10.0 Å². The number of sulfonamides is 1. The van der Waals surface area contributed by atoms with Crippen molar-refractivity contribution in [1.82, 2.24) is 14.3 Å². The van der Waals surface area contributed by atoms with E-state index in [4.69, 9.17) is 4.74 Å². The van der Waals surface area contributed by atoms with Crippen LogP contribution in [0.15, 0.2) is 26.2 Å². The molecule has 1 atom stereocenters. The zero-order chi connectivity index (χ0) is 17.3. The summed E-state index contributed by atoms with van der Waals surface area (Å²) >= 11 is 4.53. The highest BCUT2D eigenvalue weighted by atomic mass is 79.9. The molecule has 1 aliphatic rings. The Kier molecular flexibility index (Phi) is 5.24. The topological polar surface area (TPSA) is 72.4 Å². The van der Waals surface area contributed by atoms with Gasteiger partial charge in [0, 0.05) is 17.9 Å². The first kappa shape index (κ1) is 17.8. The Hall–Kier alpha value is -1.03. The van der Waals surface area contributed by atoms with Crippen molar-refractivity contribution < 1.29 is 13.2 Å². The molecule has 0 radical (unpaired) electrons. The molecule has 3 heterocycles. The SMILES string of the molecule is Cc1cc(C)nc(O[C@H]2CCCN(S(=O)(=O)c3ccc(Br)s3)C2)n1. The third kappa shape index (κ3) is 3.96. The number of aryl methyl sites for hydroxylation is 2. The van der Waals surface area contributed by atoms with E-state index < -0.39 is 10.0 Å². The van der Waals surface area contributed by atoms with Crippen LogP contribution in [0.2, 0.25) is 0 Å². The Balaban J connectivity index is 1.74. The third-order valence-electron chi connectivity index (χ3n) is 3.72. The quantitative estimate of drug-likeness (QED) is 0.742. The van der Waals surface area contributed by atoms with Crippen molar-refractivity contribution in [2.24, 2.45) is 0 Å². The van der Waals surface area contributed by atoms with Crippen molar-refractivity contribution in [3.05, 3.63) is 33.4 Å². The van der Waals surface area contributed by atoms with Gasteiger partial charge in [-0.05, 0) is 60.8 Å². The summed E-state index contributed by atoms with van der Waals surface area (Å²) in [4.78, 5) is 8.54. The molecular weight excluding hydrogens is 414 g/mol. The molecule has 9 heteroatoms. The molecule has 0 bridgehead atoms. The monoisotopic (exact) mass is 431 g/mol. The standard InChI is InChI=1S/C15H18BrN3O3S2/c1-10-8-11(2)18-15(17-10)22-12-4-3-7-19(9-12)24(20,21)14-6-5-13(16)23-14/h5-6,8,12H,3-4,7,9H2,1-2H3/t12-/m0/s1. The summed E-state index contributed by atoms with van der Waals surface area (Å²) < 4.78 is 34.0. The van der Waals surface area contributed by atoms with Crippen LogP contribution in [-0.4, -0.2) is 41.9 Å². The molecule has 2 aromatic heterocycles. The number of rotatable bonds is 4. The molecule has 0 saturated carbocycles. The molecule has 24 heavy (non-hydrogen) atoms. The van der Waals surface area contributed by atoms with Crippen LogP contribution in [0.3, 0.4) is 0 Å². The Bertz CT molecular complexity index is 818. The van der Waals surface area contributed by atoms with Crippen LogP contribution in [0.4, 0.5) is 0 Å². The van der Waals surface area contributed by atoms with Crippen LogP contribution >= 0.6 is 27.3 Å². The van der Waals surface area contributed by atoms with Crippen molar-refractivity contribution >= 4 is 37.3 Å². The van der Waals surface area contributed by atoms with Crippen molar-refractivity contribution in [3.63, 3.8) is 0 Å². The zero-order valence-electron chi connectivity index (χ0n) is 13.4. The first-order chi connectivity index (χ1) is 11.3. The summed E-state index contributed by atoms with van der Waals surface area (Å²) in [6, 6.07) is 5.56. The fourth-order valence-corrected chi connectivity index (χ4v) is 6.35. The first-order valence-electron chi connectivity index (χ1n) is 7.59. The Morgan fingerprint density at radius 2 is 2.00 bits per heavy atom. The van der Waals surface area contributed by atoms with Crippen LogP contribution in [0.5, 0.6) is 6.01 Å². The van der Waals surface area contributed by atoms with Gasteiger partial charge < -0.3 is 4.74 Å². The Morgan fingerprint density at radius 1 is 1.29 bits per heavy atom. The molecule has 0 aliphatic carbocycles. The van der Waals surface area contributed by atoms with Crippen LogP contribution in [-0.2, 0) is 10.0 Å². The summed E-state index contributed by atoms with van der Waals surface area (Å²) in [7, 11) is -3.48. The van der Waals surface area contributed by atoms with Gasteiger partial charge in [0.2, 0.25) is 0 Å². The molecule has 0 unspecified atom stereocenters. The predicted octanol–water partition coefficient (Wildman–Crippen LogP) is 3.15. The molecule has 0 N–H and O–H groups in total. The predicted molar refractivity (Wildman–Crippen MR) is 95.9 cm³/mol. The maximum Gasteiger partial charge on any atom is 0.317 e. The zero-order valence-corrected chi connectivity index (χ0v) is 16.6. The number of piperidine rings is 1. The van der Waals surface area contributed by atoms with Crippen LogP contribution in [0.1, 0.15) is 24.2 Å². The molecule has 0 spiro atoms. The van der Waals surface area contributed by atoms with E-state index in [-0.39, 0.29) is 6.10 Å². The summed E-state index contributed by atoms with van der Waals surface area (Å²) in [5, 5.41) is 0. The lowest BCUT2D eigenvalue weighted by molar-refractivity contribution is 0.119. The molecule has 6 nitrogen and oxygen atoms in total. The minimum Gasteiger partial charge on any atom is -0.459 e. The number of hydrogen-bond acceptors (Lipinski definition) is 6. The maximum absolute atomic E-state index is 12.7. The lowest BCUT2D eigenvalue weighted by atomic mass is 10.1. The van der Waals surface area contributed by atoms with Crippen molar-refractivity contribution in [2.45, 2.75) is 37.0 Å². The second-order valence-electron chi connectivity index (χ2n) is 5.74. The molecule has 0 aromatic carbocycles. The van der Waals surface area contributed by atoms with Crippen LogP contribution < -0.4 is 4.74 Å². The fourth-order valence-electron chi connectivity index (χ4n) is 2.68. The molecule has 3 rings (SSSR count). The summed E-state index contributed by atoms with van der Waals surface area (Å²) in [6.45, 7) is 4.58. The van der Waals surface area contributed by atoms with Gasteiger partial charge in [-0.1, -0.05) is 0 Å². The molecule has 0 amide bonds. The Morgan fingerprint density at radius 3 is 2.62 bits per heavy atom. The second kappa shape index (κ2) is 7.07. The van der Waals surface area contributed by atoms with E-state index in [2.05, 4.69) is 25.9 Å². The van der Waals surface area contributed by atoms with Gasteiger partial charge in [0.1, 0.15) is 10.3 Å². The molecule has 2 aromatic rings. The van der Waals surface area contributed by atoms with Crippen molar-refractivity contribution in [1.29, 1.82) is 0 Å². The third-order valence-corrected chi connectivity index (χ3v) is 7.67. The molecule has 1 saturated heterocycles. The van der Waals surface area contributed by atoms with E-state index >= 15 is 0 Å². The molecular formula is C15H18BrN3O3S2. The van der Waals surface area contributed by atoms with Gasteiger partial charge in [-0.2, -0.15) is 4.31 Å². The Labute approximate surface area is 154 Å². The summed E-state index contributed by atoms with van der Waals surface area (Å²) in [5.74, 6) is 0. The van der Waals surface area contributed by atoms with Gasteiger partial charge in [0.15, 0.2) is 0 Å². The number of thiophene rings is 1. The normalized spacial score (nSPS) is 19.4. The number of ether oxygens (including phenoxy) is 1. The summed E-state index contributed by atoms with van der Waals surface area (Å²) in [6.07, 6.45) is 1.30.